The number of aromatic nitrogens is 2. The number of hydrogen-bond donors (Lipinski definition) is 1. The third-order valence-electron chi connectivity index (χ3n) is 4.50. The smallest absolute Gasteiger partial charge is 0.253 e. The van der Waals surface area contributed by atoms with E-state index in [2.05, 4.69) is 20.2 Å². The topological polar surface area (TPSA) is 58.1 Å². The summed E-state index contributed by atoms with van der Waals surface area (Å²) in [6.07, 6.45) is 5.89. The molecule has 0 radical (unpaired) electrons. The molecule has 126 valence electrons. The van der Waals surface area contributed by atoms with Crippen LogP contribution in [-0.4, -0.2) is 29.0 Å². The first-order valence-corrected chi connectivity index (χ1v) is 8.42. The second kappa shape index (κ2) is 6.59. The zero-order valence-corrected chi connectivity index (χ0v) is 14.5. The molecule has 1 fully saturated rings. The number of amides is 1. The van der Waals surface area contributed by atoms with E-state index in [1.807, 2.05) is 51.2 Å². The van der Waals surface area contributed by atoms with Crippen LogP contribution >= 0.6 is 0 Å². The molecule has 0 bridgehead atoms. The standard InChI is InChI=1S/C19H24N4O/c1-14-6-8-16(13-20-14)19(2,3)22-18(24)15-7-9-17(21-12-15)23-10-4-5-11-23/h6-9,12-13H,4-5,10-11H2,1-3H3,(H,22,24). The molecule has 1 aliphatic heterocycles. The minimum Gasteiger partial charge on any atom is -0.357 e. The van der Waals surface area contributed by atoms with Crippen molar-refractivity contribution in [2.45, 2.75) is 39.2 Å². The molecular formula is C19H24N4O. The first-order chi connectivity index (χ1) is 11.5. The monoisotopic (exact) mass is 324 g/mol. The number of aryl methyl sites for hydroxylation is 1. The lowest BCUT2D eigenvalue weighted by Crippen LogP contribution is -2.41. The van der Waals surface area contributed by atoms with Gasteiger partial charge in [0.25, 0.3) is 5.91 Å². The lowest BCUT2D eigenvalue weighted by Gasteiger charge is -2.26. The van der Waals surface area contributed by atoms with Crippen molar-refractivity contribution in [3.05, 3.63) is 53.5 Å². The molecule has 5 nitrogen and oxygen atoms in total. The van der Waals surface area contributed by atoms with Crippen molar-refractivity contribution in [3.63, 3.8) is 0 Å². The van der Waals surface area contributed by atoms with Crippen LogP contribution in [0.1, 0.15) is 48.3 Å². The fraction of sp³-hybridized carbons (Fsp3) is 0.421. The fourth-order valence-corrected chi connectivity index (χ4v) is 2.92. The van der Waals surface area contributed by atoms with Crippen molar-refractivity contribution in [1.82, 2.24) is 15.3 Å². The van der Waals surface area contributed by atoms with Gasteiger partial charge in [-0.15, -0.1) is 0 Å². The third kappa shape index (κ3) is 3.55. The van der Waals surface area contributed by atoms with E-state index in [9.17, 15) is 4.79 Å². The zero-order chi connectivity index (χ0) is 17.2. The molecule has 1 amide bonds. The van der Waals surface area contributed by atoms with Gasteiger partial charge in [-0.1, -0.05) is 6.07 Å². The maximum Gasteiger partial charge on any atom is 0.253 e. The first kappa shape index (κ1) is 16.4. The average molecular weight is 324 g/mol. The summed E-state index contributed by atoms with van der Waals surface area (Å²) in [5, 5.41) is 3.06. The molecule has 1 aliphatic rings. The minimum absolute atomic E-state index is 0.124. The second-order valence-electron chi connectivity index (χ2n) is 6.87. The van der Waals surface area contributed by atoms with E-state index in [4.69, 9.17) is 0 Å². The number of carbonyl (C=O) groups is 1. The number of carbonyl (C=O) groups excluding carboxylic acids is 1. The highest BCUT2D eigenvalue weighted by Crippen LogP contribution is 2.21. The Morgan fingerprint density at radius 2 is 1.83 bits per heavy atom. The molecule has 2 aromatic rings. The summed E-state index contributed by atoms with van der Waals surface area (Å²) in [7, 11) is 0. The van der Waals surface area contributed by atoms with Gasteiger partial charge in [0.2, 0.25) is 0 Å². The van der Waals surface area contributed by atoms with E-state index >= 15 is 0 Å². The van der Waals surface area contributed by atoms with Gasteiger partial charge in [-0.2, -0.15) is 0 Å². The molecule has 0 saturated carbocycles. The summed E-state index contributed by atoms with van der Waals surface area (Å²) in [5.41, 5.74) is 2.02. The molecule has 1 saturated heterocycles. The third-order valence-corrected chi connectivity index (χ3v) is 4.50. The van der Waals surface area contributed by atoms with Crippen molar-refractivity contribution >= 4 is 11.7 Å². The Bertz CT molecular complexity index is 701. The molecule has 1 N–H and O–H groups in total. The summed E-state index contributed by atoms with van der Waals surface area (Å²) < 4.78 is 0. The van der Waals surface area contributed by atoms with E-state index in [1.54, 1.807) is 6.20 Å². The molecular weight excluding hydrogens is 300 g/mol. The van der Waals surface area contributed by atoms with Crippen LogP contribution in [0.3, 0.4) is 0 Å². The van der Waals surface area contributed by atoms with Gasteiger partial charge in [-0.05, 0) is 57.4 Å². The number of pyridine rings is 2. The van der Waals surface area contributed by atoms with Crippen molar-refractivity contribution < 1.29 is 4.79 Å². The SMILES string of the molecule is Cc1ccc(C(C)(C)NC(=O)c2ccc(N3CCCC3)nc2)cn1. The summed E-state index contributed by atoms with van der Waals surface area (Å²) in [6.45, 7) is 7.99. The van der Waals surface area contributed by atoms with E-state index < -0.39 is 5.54 Å². The molecule has 0 atom stereocenters. The summed E-state index contributed by atoms with van der Waals surface area (Å²) >= 11 is 0. The second-order valence-corrected chi connectivity index (χ2v) is 6.87. The van der Waals surface area contributed by atoms with Crippen molar-refractivity contribution in [1.29, 1.82) is 0 Å². The number of nitrogens with one attached hydrogen (secondary N) is 1. The fourth-order valence-electron chi connectivity index (χ4n) is 2.92. The van der Waals surface area contributed by atoms with Gasteiger partial charge in [0.05, 0.1) is 11.1 Å². The van der Waals surface area contributed by atoms with Gasteiger partial charge < -0.3 is 10.2 Å². The normalized spacial score (nSPS) is 14.7. The minimum atomic E-state index is -0.495. The molecule has 0 spiro atoms. The summed E-state index contributed by atoms with van der Waals surface area (Å²) in [6, 6.07) is 7.73. The maximum atomic E-state index is 12.5. The Labute approximate surface area is 143 Å². The zero-order valence-electron chi connectivity index (χ0n) is 14.5. The quantitative estimate of drug-likeness (QED) is 0.939. The molecule has 24 heavy (non-hydrogen) atoms. The van der Waals surface area contributed by atoms with Crippen LogP contribution in [0, 0.1) is 6.92 Å². The Balaban J connectivity index is 1.70. The predicted octanol–water partition coefficient (Wildman–Crippen LogP) is 3.05. The maximum absolute atomic E-state index is 12.5. The number of nitrogens with zero attached hydrogens (tertiary/aromatic N) is 3. The van der Waals surface area contributed by atoms with Gasteiger partial charge in [0, 0.05) is 31.2 Å². The highest BCUT2D eigenvalue weighted by molar-refractivity contribution is 5.94. The number of hydrogen-bond acceptors (Lipinski definition) is 4. The molecule has 0 unspecified atom stereocenters. The van der Waals surface area contributed by atoms with Gasteiger partial charge in [0.1, 0.15) is 5.82 Å². The van der Waals surface area contributed by atoms with Gasteiger partial charge in [-0.25, -0.2) is 4.98 Å². The number of rotatable bonds is 4. The molecule has 0 aliphatic carbocycles. The van der Waals surface area contributed by atoms with Crippen molar-refractivity contribution in [2.24, 2.45) is 0 Å². The van der Waals surface area contributed by atoms with Crippen LogP contribution < -0.4 is 10.2 Å². The Morgan fingerprint density at radius 3 is 2.42 bits per heavy atom. The average Bonchev–Trinajstić information content (AvgIpc) is 3.09. The van der Waals surface area contributed by atoms with E-state index in [0.29, 0.717) is 5.56 Å². The molecule has 2 aromatic heterocycles. The Kier molecular flexibility index (Phi) is 4.51. The highest BCUT2D eigenvalue weighted by Gasteiger charge is 2.24. The molecule has 3 rings (SSSR count). The van der Waals surface area contributed by atoms with Crippen LogP contribution in [-0.2, 0) is 5.54 Å². The van der Waals surface area contributed by atoms with Gasteiger partial charge in [0.15, 0.2) is 0 Å². The largest absolute Gasteiger partial charge is 0.357 e. The lowest BCUT2D eigenvalue weighted by atomic mass is 9.95. The van der Waals surface area contributed by atoms with E-state index in [-0.39, 0.29) is 5.91 Å². The first-order valence-electron chi connectivity index (χ1n) is 8.42. The molecule has 0 aromatic carbocycles. The van der Waals surface area contributed by atoms with Crippen LogP contribution in [0.5, 0.6) is 0 Å². The summed E-state index contributed by atoms with van der Waals surface area (Å²) in [5.74, 6) is 0.826. The molecule has 5 heteroatoms. The van der Waals surface area contributed by atoms with E-state index in [0.717, 1.165) is 30.2 Å². The van der Waals surface area contributed by atoms with E-state index in [1.165, 1.54) is 12.8 Å². The molecule has 3 heterocycles. The van der Waals surface area contributed by atoms with Crippen LogP contribution in [0.15, 0.2) is 36.7 Å². The Morgan fingerprint density at radius 1 is 1.08 bits per heavy atom. The Hall–Kier alpha value is -2.43. The number of anilines is 1. The van der Waals surface area contributed by atoms with Crippen molar-refractivity contribution in [3.8, 4) is 0 Å². The summed E-state index contributed by atoms with van der Waals surface area (Å²) in [4.78, 5) is 23.6. The van der Waals surface area contributed by atoms with Crippen LogP contribution in [0.25, 0.3) is 0 Å². The van der Waals surface area contributed by atoms with Gasteiger partial charge >= 0.3 is 0 Å². The van der Waals surface area contributed by atoms with Crippen LogP contribution in [0.2, 0.25) is 0 Å². The van der Waals surface area contributed by atoms with Crippen LogP contribution in [0.4, 0.5) is 5.82 Å². The van der Waals surface area contributed by atoms with Crippen molar-refractivity contribution in [2.75, 3.05) is 18.0 Å². The van der Waals surface area contributed by atoms with Gasteiger partial charge in [-0.3, -0.25) is 9.78 Å². The highest BCUT2D eigenvalue weighted by atomic mass is 16.1. The lowest BCUT2D eigenvalue weighted by molar-refractivity contribution is 0.0911. The predicted molar refractivity (Wildman–Crippen MR) is 95.2 cm³/mol.